The van der Waals surface area contributed by atoms with E-state index in [0.717, 1.165) is 24.2 Å². The van der Waals surface area contributed by atoms with Crippen LogP contribution in [0, 0.1) is 12.8 Å². The maximum absolute atomic E-state index is 12.5. The normalized spacial score (nSPS) is 17.2. The molecule has 0 saturated carbocycles. The van der Waals surface area contributed by atoms with Gasteiger partial charge in [0, 0.05) is 25.5 Å². The first-order valence-electron chi connectivity index (χ1n) is 8.39. The molecule has 2 aromatic heterocycles. The van der Waals surface area contributed by atoms with E-state index in [1.54, 1.807) is 17.3 Å². The van der Waals surface area contributed by atoms with Crippen LogP contribution in [0.3, 0.4) is 0 Å². The Balaban J connectivity index is 1.57. The minimum atomic E-state index is -0.209. The minimum absolute atomic E-state index is 0.0434. The van der Waals surface area contributed by atoms with E-state index in [-0.39, 0.29) is 17.7 Å². The molecule has 25 heavy (non-hydrogen) atoms. The lowest BCUT2D eigenvalue weighted by atomic mass is 9.97. The van der Waals surface area contributed by atoms with Gasteiger partial charge in [-0.2, -0.15) is 0 Å². The van der Waals surface area contributed by atoms with Crippen LogP contribution in [0.5, 0.6) is 0 Å². The Morgan fingerprint density at radius 2 is 2.12 bits per heavy atom. The molecule has 1 aliphatic rings. The molecule has 0 spiro atoms. The third kappa shape index (κ3) is 4.37. The summed E-state index contributed by atoms with van der Waals surface area (Å²) in [5.74, 6) is -0.423. The molecule has 1 N–H and O–H groups in total. The maximum atomic E-state index is 12.5. The quantitative estimate of drug-likeness (QED) is 0.908. The summed E-state index contributed by atoms with van der Waals surface area (Å²) in [4.78, 5) is 39.1. The van der Waals surface area contributed by atoms with Crippen molar-refractivity contribution in [3.63, 3.8) is 0 Å². The number of carbonyl (C=O) groups excluding carboxylic acids is 2. The molecule has 7 nitrogen and oxygen atoms in total. The number of rotatable bonds is 4. The van der Waals surface area contributed by atoms with Gasteiger partial charge in [-0.1, -0.05) is 6.07 Å². The van der Waals surface area contributed by atoms with Crippen LogP contribution in [0.15, 0.2) is 36.8 Å². The van der Waals surface area contributed by atoms with Crippen LogP contribution in [-0.4, -0.2) is 44.8 Å². The Morgan fingerprint density at radius 1 is 1.24 bits per heavy atom. The second kappa shape index (κ2) is 7.83. The van der Waals surface area contributed by atoms with E-state index >= 15 is 0 Å². The predicted molar refractivity (Wildman–Crippen MR) is 91.5 cm³/mol. The van der Waals surface area contributed by atoms with Gasteiger partial charge in [-0.25, -0.2) is 4.98 Å². The summed E-state index contributed by atoms with van der Waals surface area (Å²) < 4.78 is 0. The molecule has 2 amide bonds. The van der Waals surface area contributed by atoms with Crippen LogP contribution in [0.2, 0.25) is 0 Å². The van der Waals surface area contributed by atoms with Gasteiger partial charge in [-0.3, -0.25) is 19.6 Å². The first-order valence-corrected chi connectivity index (χ1v) is 8.39. The monoisotopic (exact) mass is 339 g/mol. The third-order valence-electron chi connectivity index (χ3n) is 4.25. The van der Waals surface area contributed by atoms with Gasteiger partial charge in [0.1, 0.15) is 5.69 Å². The molecule has 3 rings (SSSR count). The number of nitrogens with zero attached hydrogens (tertiary/aromatic N) is 4. The molecule has 0 bridgehead atoms. The average molecular weight is 339 g/mol. The standard InChI is InChI=1S/C18H21N5O2/c1-13-9-21-16(11-20-13)18(25)23-8-4-5-14(12-23)17(24)22-10-15-6-2-3-7-19-15/h2-3,6-7,9,11,14H,4-5,8,10,12H2,1H3,(H,22,24). The van der Waals surface area contributed by atoms with Crippen LogP contribution in [-0.2, 0) is 11.3 Å². The first kappa shape index (κ1) is 17.0. The third-order valence-corrected chi connectivity index (χ3v) is 4.25. The molecule has 0 radical (unpaired) electrons. The molecule has 1 aliphatic heterocycles. The molecule has 2 aromatic rings. The van der Waals surface area contributed by atoms with Crippen molar-refractivity contribution in [2.75, 3.05) is 13.1 Å². The largest absolute Gasteiger partial charge is 0.350 e. The summed E-state index contributed by atoms with van der Waals surface area (Å²) in [6, 6.07) is 5.59. The molecule has 7 heteroatoms. The van der Waals surface area contributed by atoms with Crippen molar-refractivity contribution < 1.29 is 9.59 Å². The van der Waals surface area contributed by atoms with Gasteiger partial charge in [0.15, 0.2) is 0 Å². The molecule has 0 aliphatic carbocycles. The zero-order valence-electron chi connectivity index (χ0n) is 14.2. The van der Waals surface area contributed by atoms with Crippen LogP contribution in [0.1, 0.15) is 34.7 Å². The van der Waals surface area contributed by atoms with Gasteiger partial charge in [-0.15, -0.1) is 0 Å². The molecular weight excluding hydrogens is 318 g/mol. The SMILES string of the molecule is Cc1cnc(C(=O)N2CCCC(C(=O)NCc3ccccn3)C2)cn1. The number of likely N-dealkylation sites (tertiary alicyclic amines) is 1. The van der Waals surface area contributed by atoms with E-state index in [2.05, 4.69) is 20.3 Å². The Bertz CT molecular complexity index is 733. The Kier molecular flexibility index (Phi) is 5.33. The van der Waals surface area contributed by atoms with Crippen molar-refractivity contribution in [3.05, 3.63) is 53.9 Å². The second-order valence-electron chi connectivity index (χ2n) is 6.17. The van der Waals surface area contributed by atoms with E-state index in [1.807, 2.05) is 25.1 Å². The van der Waals surface area contributed by atoms with Crippen molar-refractivity contribution in [1.29, 1.82) is 0 Å². The van der Waals surface area contributed by atoms with Gasteiger partial charge in [0.25, 0.3) is 5.91 Å². The molecule has 1 fully saturated rings. The number of nitrogens with one attached hydrogen (secondary N) is 1. The molecule has 1 atom stereocenters. The number of aryl methyl sites for hydroxylation is 1. The summed E-state index contributed by atoms with van der Waals surface area (Å²) in [7, 11) is 0. The first-order chi connectivity index (χ1) is 12.1. The fraction of sp³-hybridized carbons (Fsp3) is 0.389. The highest BCUT2D eigenvalue weighted by Gasteiger charge is 2.29. The van der Waals surface area contributed by atoms with Gasteiger partial charge < -0.3 is 10.2 Å². The van der Waals surface area contributed by atoms with E-state index in [0.29, 0.717) is 25.3 Å². The van der Waals surface area contributed by atoms with Crippen LogP contribution >= 0.6 is 0 Å². The van der Waals surface area contributed by atoms with E-state index < -0.39 is 0 Å². The zero-order valence-corrected chi connectivity index (χ0v) is 14.2. The van der Waals surface area contributed by atoms with Crippen LogP contribution in [0.25, 0.3) is 0 Å². The van der Waals surface area contributed by atoms with E-state index in [4.69, 9.17) is 0 Å². The van der Waals surface area contributed by atoms with Crippen LogP contribution < -0.4 is 5.32 Å². The van der Waals surface area contributed by atoms with Crippen molar-refractivity contribution in [2.45, 2.75) is 26.3 Å². The van der Waals surface area contributed by atoms with Gasteiger partial charge in [0.2, 0.25) is 5.91 Å². The van der Waals surface area contributed by atoms with E-state index in [1.165, 1.54) is 6.20 Å². The number of aromatic nitrogens is 3. The Labute approximate surface area is 146 Å². The number of pyridine rings is 1. The number of amides is 2. The number of hydrogen-bond acceptors (Lipinski definition) is 5. The number of carbonyl (C=O) groups is 2. The molecule has 0 aromatic carbocycles. The maximum Gasteiger partial charge on any atom is 0.274 e. The van der Waals surface area contributed by atoms with Crippen molar-refractivity contribution in [3.8, 4) is 0 Å². The van der Waals surface area contributed by atoms with Crippen molar-refractivity contribution in [1.82, 2.24) is 25.2 Å². The summed E-state index contributed by atoms with van der Waals surface area (Å²) in [6.45, 7) is 3.26. The summed E-state index contributed by atoms with van der Waals surface area (Å²) in [5, 5.41) is 2.91. The summed E-state index contributed by atoms with van der Waals surface area (Å²) in [5.41, 5.74) is 1.90. The fourth-order valence-electron chi connectivity index (χ4n) is 2.87. The lowest BCUT2D eigenvalue weighted by molar-refractivity contribution is -0.126. The molecular formula is C18H21N5O2. The fourth-order valence-corrected chi connectivity index (χ4v) is 2.87. The highest BCUT2D eigenvalue weighted by Crippen LogP contribution is 2.18. The average Bonchev–Trinajstić information content (AvgIpc) is 2.67. The summed E-state index contributed by atoms with van der Waals surface area (Å²) >= 11 is 0. The highest BCUT2D eigenvalue weighted by atomic mass is 16.2. The van der Waals surface area contributed by atoms with Gasteiger partial charge in [-0.05, 0) is 31.9 Å². The van der Waals surface area contributed by atoms with Gasteiger partial charge >= 0.3 is 0 Å². The second-order valence-corrected chi connectivity index (χ2v) is 6.17. The molecule has 3 heterocycles. The predicted octanol–water partition coefficient (Wildman–Crippen LogP) is 1.35. The lowest BCUT2D eigenvalue weighted by Crippen LogP contribution is -2.45. The number of piperidine rings is 1. The van der Waals surface area contributed by atoms with Crippen molar-refractivity contribution >= 4 is 11.8 Å². The Hall–Kier alpha value is -2.83. The minimum Gasteiger partial charge on any atom is -0.350 e. The zero-order chi connectivity index (χ0) is 17.6. The van der Waals surface area contributed by atoms with Crippen LogP contribution in [0.4, 0.5) is 0 Å². The summed E-state index contributed by atoms with van der Waals surface area (Å²) in [6.07, 6.45) is 6.34. The molecule has 1 saturated heterocycles. The van der Waals surface area contributed by atoms with E-state index in [9.17, 15) is 9.59 Å². The molecule has 130 valence electrons. The number of hydrogen-bond donors (Lipinski definition) is 1. The Morgan fingerprint density at radius 3 is 2.84 bits per heavy atom. The highest BCUT2D eigenvalue weighted by molar-refractivity contribution is 5.92. The van der Waals surface area contributed by atoms with Crippen molar-refractivity contribution in [2.24, 2.45) is 5.92 Å². The smallest absolute Gasteiger partial charge is 0.274 e. The lowest BCUT2D eigenvalue weighted by Gasteiger charge is -2.31. The van der Waals surface area contributed by atoms with Gasteiger partial charge in [0.05, 0.1) is 30.0 Å². The topological polar surface area (TPSA) is 88.1 Å². The molecule has 1 unspecified atom stereocenters.